The number of imidazole rings is 1. The fourth-order valence-corrected chi connectivity index (χ4v) is 5.46. The number of anilines is 1. The number of ether oxygens (including phenoxy) is 2. The Labute approximate surface area is 238 Å². The Morgan fingerprint density at radius 1 is 1.02 bits per heavy atom. The quantitative estimate of drug-likeness (QED) is 0.192. The molecule has 5 rings (SSSR count). The van der Waals surface area contributed by atoms with Crippen LogP contribution in [-0.2, 0) is 25.9 Å². The highest BCUT2D eigenvalue weighted by Gasteiger charge is 2.44. The van der Waals surface area contributed by atoms with Gasteiger partial charge in [0.1, 0.15) is 24.1 Å². The molecule has 12 nitrogen and oxygen atoms in total. The highest BCUT2D eigenvalue weighted by Crippen LogP contribution is 2.33. The van der Waals surface area contributed by atoms with Crippen molar-refractivity contribution in [3.63, 3.8) is 0 Å². The SMILES string of the molecule is COC[C@H]1O[C@@H](n2cnc3c(NCC(c4ccccc4)c4ccccc4)nc(CCNS(C)(=O)=O)nc32)[C@@H](O)[C@@H]1O. The number of fused-ring (bicyclic) bond motifs is 1. The molecule has 1 fully saturated rings. The Balaban J connectivity index is 1.49. The van der Waals surface area contributed by atoms with Gasteiger partial charge in [0.25, 0.3) is 0 Å². The van der Waals surface area contributed by atoms with Crippen molar-refractivity contribution in [3.05, 3.63) is 83.9 Å². The molecule has 0 aliphatic carbocycles. The molecule has 4 atom stereocenters. The standard InChI is InChI=1S/C28H34N6O6S/c1-39-16-21-24(35)25(36)28(40-21)34-17-30-23-26(32-22(33-27(23)34)13-14-31-41(2,37)38)29-15-20(18-9-5-3-6-10-18)19-11-7-4-8-12-19/h3-12,17,20-21,24-25,28,31,35-36H,13-16H2,1-2H3,(H,29,32,33)/t21-,24-,25+,28-/m1/s1. The van der Waals surface area contributed by atoms with Gasteiger partial charge >= 0.3 is 0 Å². The van der Waals surface area contributed by atoms with Crippen LogP contribution in [0.5, 0.6) is 0 Å². The molecule has 0 saturated carbocycles. The first-order valence-corrected chi connectivity index (χ1v) is 15.2. The molecule has 4 N–H and O–H groups in total. The summed E-state index contributed by atoms with van der Waals surface area (Å²) in [6.45, 7) is 0.697. The molecular weight excluding hydrogens is 548 g/mol. The van der Waals surface area contributed by atoms with Crippen molar-refractivity contribution >= 4 is 27.0 Å². The fraction of sp³-hybridized carbons (Fsp3) is 0.393. The van der Waals surface area contributed by atoms with E-state index in [1.165, 1.54) is 13.4 Å². The van der Waals surface area contributed by atoms with E-state index in [0.717, 1.165) is 17.4 Å². The van der Waals surface area contributed by atoms with Crippen LogP contribution in [0, 0.1) is 0 Å². The minimum Gasteiger partial charge on any atom is -0.387 e. The van der Waals surface area contributed by atoms with Crippen molar-refractivity contribution in [2.45, 2.75) is 36.9 Å². The lowest BCUT2D eigenvalue weighted by Gasteiger charge is -2.20. The molecule has 4 aromatic rings. The first kappa shape index (κ1) is 29.0. The number of aliphatic hydroxyl groups excluding tert-OH is 2. The lowest BCUT2D eigenvalue weighted by molar-refractivity contribution is -0.0580. The molecule has 218 valence electrons. The maximum atomic E-state index is 11.6. The average Bonchev–Trinajstić information content (AvgIpc) is 3.50. The van der Waals surface area contributed by atoms with Gasteiger partial charge in [-0.1, -0.05) is 60.7 Å². The second-order valence-corrected chi connectivity index (χ2v) is 11.8. The predicted octanol–water partition coefficient (Wildman–Crippen LogP) is 1.43. The second-order valence-electron chi connectivity index (χ2n) is 9.99. The molecule has 0 spiro atoms. The van der Waals surface area contributed by atoms with Crippen LogP contribution in [-0.4, -0.2) is 89.5 Å². The third-order valence-corrected chi connectivity index (χ3v) is 7.73. The van der Waals surface area contributed by atoms with Gasteiger partial charge in [0.05, 0.1) is 19.2 Å². The van der Waals surface area contributed by atoms with Gasteiger partial charge in [0, 0.05) is 32.5 Å². The van der Waals surface area contributed by atoms with Gasteiger partial charge in [0.15, 0.2) is 23.2 Å². The van der Waals surface area contributed by atoms with Crippen LogP contribution in [0.2, 0.25) is 0 Å². The summed E-state index contributed by atoms with van der Waals surface area (Å²) < 4.78 is 38.3. The maximum absolute atomic E-state index is 11.6. The molecule has 1 saturated heterocycles. The molecule has 1 aliphatic heterocycles. The topological polar surface area (TPSA) is 161 Å². The number of aliphatic hydroxyl groups is 2. The van der Waals surface area contributed by atoms with Gasteiger partial charge in [-0.15, -0.1) is 0 Å². The summed E-state index contributed by atoms with van der Waals surface area (Å²) in [6, 6.07) is 20.3. The molecule has 0 radical (unpaired) electrons. The van der Waals surface area contributed by atoms with E-state index in [9.17, 15) is 18.6 Å². The zero-order valence-corrected chi connectivity index (χ0v) is 23.6. The van der Waals surface area contributed by atoms with Crippen LogP contribution in [0.1, 0.15) is 29.1 Å². The van der Waals surface area contributed by atoms with Crippen LogP contribution in [0.3, 0.4) is 0 Å². The number of hydrogen-bond acceptors (Lipinski definition) is 10. The van der Waals surface area contributed by atoms with Crippen molar-refractivity contribution < 1.29 is 28.1 Å². The van der Waals surface area contributed by atoms with E-state index < -0.39 is 34.6 Å². The Kier molecular flexibility index (Phi) is 8.92. The third-order valence-electron chi connectivity index (χ3n) is 7.00. The molecule has 2 aromatic heterocycles. The molecule has 3 heterocycles. The van der Waals surface area contributed by atoms with Crippen molar-refractivity contribution in [2.75, 3.05) is 38.4 Å². The maximum Gasteiger partial charge on any atom is 0.208 e. The summed E-state index contributed by atoms with van der Waals surface area (Å²) in [7, 11) is -1.91. The zero-order valence-electron chi connectivity index (χ0n) is 22.8. The predicted molar refractivity (Wildman–Crippen MR) is 153 cm³/mol. The van der Waals surface area contributed by atoms with Crippen LogP contribution in [0.4, 0.5) is 5.82 Å². The van der Waals surface area contributed by atoms with E-state index in [1.807, 2.05) is 36.4 Å². The van der Waals surface area contributed by atoms with Gasteiger partial charge < -0.3 is 25.0 Å². The summed E-state index contributed by atoms with van der Waals surface area (Å²) in [5.74, 6) is 0.835. The molecule has 13 heteroatoms. The normalized spacial score (nSPS) is 21.1. The van der Waals surface area contributed by atoms with E-state index in [1.54, 1.807) is 4.57 Å². The zero-order chi connectivity index (χ0) is 29.0. The van der Waals surface area contributed by atoms with E-state index >= 15 is 0 Å². The summed E-state index contributed by atoms with van der Waals surface area (Å²) in [4.78, 5) is 13.9. The molecule has 0 amide bonds. The molecular formula is C28H34N6O6S. The number of rotatable bonds is 12. The smallest absolute Gasteiger partial charge is 0.208 e. The van der Waals surface area contributed by atoms with Crippen LogP contribution >= 0.6 is 0 Å². The highest BCUT2D eigenvalue weighted by atomic mass is 32.2. The first-order chi connectivity index (χ1) is 19.7. The van der Waals surface area contributed by atoms with Crippen molar-refractivity contribution in [1.82, 2.24) is 24.2 Å². The molecule has 41 heavy (non-hydrogen) atoms. The summed E-state index contributed by atoms with van der Waals surface area (Å²) in [5, 5.41) is 24.7. The monoisotopic (exact) mass is 582 g/mol. The number of nitrogens with zero attached hydrogens (tertiary/aromatic N) is 4. The van der Waals surface area contributed by atoms with Crippen molar-refractivity contribution in [2.24, 2.45) is 0 Å². The largest absolute Gasteiger partial charge is 0.387 e. The van der Waals surface area contributed by atoms with Crippen LogP contribution < -0.4 is 10.0 Å². The number of nitrogens with one attached hydrogen (secondary N) is 2. The van der Waals surface area contributed by atoms with E-state index in [4.69, 9.17) is 14.5 Å². The van der Waals surface area contributed by atoms with Crippen molar-refractivity contribution in [1.29, 1.82) is 0 Å². The number of benzene rings is 2. The van der Waals surface area contributed by atoms with Crippen molar-refractivity contribution in [3.8, 4) is 0 Å². The van der Waals surface area contributed by atoms with Gasteiger partial charge in [-0.3, -0.25) is 4.57 Å². The second kappa shape index (κ2) is 12.6. The number of methoxy groups -OCH3 is 1. The average molecular weight is 583 g/mol. The minimum atomic E-state index is -3.40. The van der Waals surface area contributed by atoms with Crippen LogP contribution in [0.25, 0.3) is 11.2 Å². The third kappa shape index (κ3) is 6.72. The lowest BCUT2D eigenvalue weighted by Crippen LogP contribution is -2.33. The number of hydrogen-bond donors (Lipinski definition) is 4. The van der Waals surface area contributed by atoms with E-state index in [-0.39, 0.29) is 25.5 Å². The highest BCUT2D eigenvalue weighted by molar-refractivity contribution is 7.88. The van der Waals surface area contributed by atoms with Gasteiger partial charge in [-0.2, -0.15) is 0 Å². The van der Waals surface area contributed by atoms with Gasteiger partial charge in [0.2, 0.25) is 10.0 Å². The molecule has 0 unspecified atom stereocenters. The summed E-state index contributed by atoms with van der Waals surface area (Å²) in [5.41, 5.74) is 3.08. The molecule has 0 bridgehead atoms. The van der Waals surface area contributed by atoms with Crippen LogP contribution in [0.15, 0.2) is 67.0 Å². The fourth-order valence-electron chi connectivity index (χ4n) is 4.99. The Bertz CT molecular complexity index is 1510. The molecule has 2 aromatic carbocycles. The Morgan fingerprint density at radius 3 is 2.29 bits per heavy atom. The lowest BCUT2D eigenvalue weighted by atomic mass is 9.91. The first-order valence-electron chi connectivity index (χ1n) is 13.3. The summed E-state index contributed by atoms with van der Waals surface area (Å²) >= 11 is 0. The summed E-state index contributed by atoms with van der Waals surface area (Å²) in [6.07, 6.45) is -1.29. The Hall–Kier alpha value is -3.46. The molecule has 1 aliphatic rings. The number of sulfonamides is 1. The van der Waals surface area contributed by atoms with E-state index in [2.05, 4.69) is 44.3 Å². The van der Waals surface area contributed by atoms with E-state index in [0.29, 0.717) is 29.4 Å². The Morgan fingerprint density at radius 2 is 1.68 bits per heavy atom. The number of aromatic nitrogens is 4. The van der Waals surface area contributed by atoms with Gasteiger partial charge in [-0.25, -0.2) is 28.1 Å². The minimum absolute atomic E-state index is 0.00443. The van der Waals surface area contributed by atoms with Gasteiger partial charge in [-0.05, 0) is 11.1 Å².